The van der Waals surface area contributed by atoms with E-state index in [2.05, 4.69) is 25.1 Å². The molecule has 1 aromatic carbocycles. The minimum absolute atomic E-state index is 0.00195. The van der Waals surface area contributed by atoms with Gasteiger partial charge in [0.1, 0.15) is 0 Å². The number of hydrogen-bond donors (Lipinski definition) is 0. The van der Waals surface area contributed by atoms with E-state index in [1.54, 1.807) is 27.7 Å². The number of esters is 1. The molecule has 1 heterocycles. The zero-order valence-electron chi connectivity index (χ0n) is 16.6. The first kappa shape index (κ1) is 24.8. The van der Waals surface area contributed by atoms with Crippen LogP contribution in [-0.4, -0.2) is 37.1 Å². The lowest BCUT2D eigenvalue weighted by Crippen LogP contribution is -2.31. The van der Waals surface area contributed by atoms with E-state index in [9.17, 15) is 26.4 Å². The number of aryl methyl sites for hydroxylation is 1. The standard InChI is InChI=1S/C17H19BrF3NO6S2/c1-6-26-14(23)12(27-16(3,4)5)10-8(2)7-9-13(29-15(18)22-9)11(10)28-30(24,25)17(19,20)21/h7,12H,6H2,1-5H3/t12-/m0/s1. The summed E-state index contributed by atoms with van der Waals surface area (Å²) in [7, 11) is -6.03. The summed E-state index contributed by atoms with van der Waals surface area (Å²) in [5.41, 5.74) is -6.34. The van der Waals surface area contributed by atoms with E-state index in [1.165, 1.54) is 13.0 Å². The number of aromatic nitrogens is 1. The second kappa shape index (κ2) is 8.60. The van der Waals surface area contributed by atoms with Gasteiger partial charge >= 0.3 is 21.6 Å². The molecule has 0 aliphatic carbocycles. The van der Waals surface area contributed by atoms with Gasteiger partial charge in [0, 0.05) is 5.56 Å². The number of halogens is 4. The predicted molar refractivity (Wildman–Crippen MR) is 108 cm³/mol. The molecule has 2 aromatic rings. The SMILES string of the molecule is CCOC(=O)[C@@H](OC(C)(C)C)c1c(C)cc2nc(Br)sc2c1OS(=O)(=O)C(F)(F)F. The van der Waals surface area contributed by atoms with E-state index in [1.807, 2.05) is 0 Å². The van der Waals surface area contributed by atoms with Crippen LogP contribution in [0.4, 0.5) is 13.2 Å². The van der Waals surface area contributed by atoms with Gasteiger partial charge in [0.25, 0.3) is 0 Å². The summed E-state index contributed by atoms with van der Waals surface area (Å²) in [6, 6.07) is 1.50. The second-order valence-electron chi connectivity index (χ2n) is 7.10. The van der Waals surface area contributed by atoms with Crippen molar-refractivity contribution in [2.45, 2.75) is 51.8 Å². The molecule has 0 aliphatic heterocycles. The Kier molecular flexibility index (Phi) is 7.11. The lowest BCUT2D eigenvalue weighted by atomic mass is 10.0. The Balaban J connectivity index is 2.84. The molecule has 7 nitrogen and oxygen atoms in total. The zero-order chi connectivity index (χ0) is 23.1. The summed E-state index contributed by atoms with van der Waals surface area (Å²) in [5, 5.41) is 0. The first-order valence-corrected chi connectivity index (χ1v) is 11.5. The number of carbonyl (C=O) groups excluding carboxylic acids is 1. The number of ether oxygens (including phenoxy) is 2. The number of fused-ring (bicyclic) bond motifs is 1. The van der Waals surface area contributed by atoms with E-state index < -0.39 is 39.1 Å². The third-order valence-corrected chi connectivity index (χ3v) is 6.04. The van der Waals surface area contributed by atoms with Gasteiger partial charge in [-0.1, -0.05) is 0 Å². The van der Waals surface area contributed by atoms with E-state index >= 15 is 0 Å². The van der Waals surface area contributed by atoms with Crippen molar-refractivity contribution in [1.82, 2.24) is 4.98 Å². The number of hydrogen-bond acceptors (Lipinski definition) is 8. The molecule has 1 aromatic heterocycles. The van der Waals surface area contributed by atoms with Crippen LogP contribution in [0.5, 0.6) is 5.75 Å². The fourth-order valence-electron chi connectivity index (χ4n) is 2.51. The molecular formula is C17H19BrF3NO6S2. The molecule has 0 N–H and O–H groups in total. The molecule has 0 saturated heterocycles. The molecule has 2 rings (SSSR count). The molecule has 30 heavy (non-hydrogen) atoms. The van der Waals surface area contributed by atoms with Crippen LogP contribution in [0.15, 0.2) is 9.98 Å². The zero-order valence-corrected chi connectivity index (χ0v) is 19.8. The monoisotopic (exact) mass is 533 g/mol. The molecule has 13 heteroatoms. The second-order valence-corrected chi connectivity index (χ2v) is 10.9. The summed E-state index contributed by atoms with van der Waals surface area (Å²) >= 11 is 3.98. The van der Waals surface area contributed by atoms with Crippen LogP contribution in [0.25, 0.3) is 10.2 Å². The molecule has 0 spiro atoms. The number of alkyl halides is 3. The maximum atomic E-state index is 13.1. The molecule has 168 valence electrons. The lowest BCUT2D eigenvalue weighted by Gasteiger charge is -2.28. The summed E-state index contributed by atoms with van der Waals surface area (Å²) < 4.78 is 78.4. The minimum atomic E-state index is -6.03. The van der Waals surface area contributed by atoms with Gasteiger partial charge in [-0.05, 0) is 62.2 Å². The van der Waals surface area contributed by atoms with Crippen molar-refractivity contribution in [3.63, 3.8) is 0 Å². The number of nitrogens with zero attached hydrogens (tertiary/aromatic N) is 1. The molecule has 0 amide bonds. The Morgan fingerprint density at radius 1 is 1.30 bits per heavy atom. The van der Waals surface area contributed by atoms with Gasteiger partial charge in [-0.15, -0.1) is 11.3 Å². The van der Waals surface area contributed by atoms with Gasteiger partial charge in [-0.25, -0.2) is 9.78 Å². The first-order chi connectivity index (χ1) is 13.6. The maximum Gasteiger partial charge on any atom is 0.534 e. The average molecular weight is 534 g/mol. The van der Waals surface area contributed by atoms with Crippen LogP contribution in [-0.2, 0) is 24.4 Å². The van der Waals surface area contributed by atoms with Gasteiger partial charge < -0.3 is 13.7 Å². The van der Waals surface area contributed by atoms with Crippen LogP contribution < -0.4 is 4.18 Å². The Labute approximate surface area is 183 Å². The molecule has 0 aliphatic rings. The van der Waals surface area contributed by atoms with E-state index in [0.29, 0.717) is 0 Å². The topological polar surface area (TPSA) is 91.8 Å². The lowest BCUT2D eigenvalue weighted by molar-refractivity contribution is -0.167. The number of rotatable bonds is 6. The Morgan fingerprint density at radius 2 is 1.90 bits per heavy atom. The van der Waals surface area contributed by atoms with Crippen molar-refractivity contribution in [2.24, 2.45) is 0 Å². The largest absolute Gasteiger partial charge is 0.534 e. The molecule has 0 unspecified atom stereocenters. The van der Waals surface area contributed by atoms with Gasteiger partial charge in [0.05, 0.1) is 22.4 Å². The van der Waals surface area contributed by atoms with Crippen LogP contribution in [0.2, 0.25) is 0 Å². The van der Waals surface area contributed by atoms with E-state index in [4.69, 9.17) is 9.47 Å². The highest BCUT2D eigenvalue weighted by Crippen LogP contribution is 2.44. The number of carbonyl (C=O) groups is 1. The molecule has 0 saturated carbocycles. The van der Waals surface area contributed by atoms with Crippen molar-refractivity contribution >= 4 is 53.6 Å². The van der Waals surface area contributed by atoms with Crippen molar-refractivity contribution in [3.05, 3.63) is 21.1 Å². The van der Waals surface area contributed by atoms with Crippen molar-refractivity contribution in [1.29, 1.82) is 0 Å². The summed E-state index contributed by atoms with van der Waals surface area (Å²) in [4.78, 5) is 16.7. The third kappa shape index (κ3) is 5.42. The molecule has 0 fully saturated rings. The highest BCUT2D eigenvalue weighted by atomic mass is 79.9. The molecular weight excluding hydrogens is 515 g/mol. The van der Waals surface area contributed by atoms with Crippen molar-refractivity contribution in [2.75, 3.05) is 6.61 Å². The number of benzene rings is 1. The fraction of sp³-hybridized carbons (Fsp3) is 0.529. The summed E-state index contributed by atoms with van der Waals surface area (Å²) in [6.45, 7) is 7.89. The van der Waals surface area contributed by atoms with Gasteiger partial charge in [-0.2, -0.15) is 21.6 Å². The molecule has 0 radical (unpaired) electrons. The number of thiazole rings is 1. The van der Waals surface area contributed by atoms with Gasteiger partial charge in [-0.3, -0.25) is 0 Å². The van der Waals surface area contributed by atoms with Gasteiger partial charge in [0.15, 0.2) is 15.8 Å². The highest BCUT2D eigenvalue weighted by Gasteiger charge is 2.49. The quantitative estimate of drug-likeness (QED) is 0.292. The molecule has 1 atom stereocenters. The highest BCUT2D eigenvalue weighted by molar-refractivity contribution is 9.11. The molecule has 0 bridgehead atoms. The summed E-state index contributed by atoms with van der Waals surface area (Å²) in [5.74, 6) is -1.57. The summed E-state index contributed by atoms with van der Waals surface area (Å²) in [6.07, 6.45) is -1.53. The normalized spacial score (nSPS) is 14.0. The van der Waals surface area contributed by atoms with E-state index in [-0.39, 0.29) is 31.9 Å². The van der Waals surface area contributed by atoms with Crippen LogP contribution in [0.3, 0.4) is 0 Å². The predicted octanol–water partition coefficient (Wildman–Crippen LogP) is 5.01. The Morgan fingerprint density at radius 3 is 2.40 bits per heavy atom. The Bertz CT molecular complexity index is 1060. The van der Waals surface area contributed by atoms with Crippen LogP contribution >= 0.6 is 27.3 Å². The van der Waals surface area contributed by atoms with Crippen LogP contribution in [0, 0.1) is 6.92 Å². The Hall–Kier alpha value is -1.44. The van der Waals surface area contributed by atoms with Crippen molar-refractivity contribution in [3.8, 4) is 5.75 Å². The van der Waals surface area contributed by atoms with Crippen LogP contribution in [0.1, 0.15) is 44.9 Å². The average Bonchev–Trinajstić information content (AvgIpc) is 2.91. The first-order valence-electron chi connectivity index (χ1n) is 8.52. The fourth-order valence-corrected chi connectivity index (χ4v) is 4.49. The van der Waals surface area contributed by atoms with E-state index in [0.717, 1.165) is 11.3 Å². The minimum Gasteiger partial charge on any atom is -0.464 e. The third-order valence-electron chi connectivity index (χ3n) is 3.57. The smallest absolute Gasteiger partial charge is 0.464 e. The maximum absolute atomic E-state index is 13.1. The van der Waals surface area contributed by atoms with Gasteiger partial charge in [0.2, 0.25) is 0 Å². The van der Waals surface area contributed by atoms with Crippen molar-refractivity contribution < 1.29 is 40.0 Å².